The summed E-state index contributed by atoms with van der Waals surface area (Å²) < 4.78 is 0. The Morgan fingerprint density at radius 3 is 1.46 bits per heavy atom. The van der Waals surface area contributed by atoms with Crippen LogP contribution in [-0.4, -0.2) is 9.85 Å². The second kappa shape index (κ2) is 6.11. The van der Waals surface area contributed by atoms with Crippen molar-refractivity contribution in [2.75, 3.05) is 0 Å². The molecule has 1 aliphatic rings. The van der Waals surface area contributed by atoms with Crippen molar-refractivity contribution in [1.29, 1.82) is 0 Å². The fraction of sp³-hybridized carbons (Fsp3) is 0.143. The predicted molar refractivity (Wildman–Crippen MR) is 93.9 cm³/mol. The van der Waals surface area contributed by atoms with Gasteiger partial charge in [0.15, 0.2) is 0 Å². The Morgan fingerprint density at radius 2 is 1.12 bits per heavy atom. The van der Waals surface area contributed by atoms with E-state index in [1.165, 1.54) is 23.9 Å². The molecule has 6 nitrogen and oxygen atoms in total. The third kappa shape index (κ3) is 2.63. The van der Waals surface area contributed by atoms with Gasteiger partial charge in [0.05, 0.1) is 19.9 Å². The molecule has 3 rings (SSSR count). The zero-order valence-corrected chi connectivity index (χ0v) is 15.4. The third-order valence-electron chi connectivity index (χ3n) is 3.60. The van der Waals surface area contributed by atoms with Crippen molar-refractivity contribution in [2.24, 2.45) is 0 Å². The lowest BCUT2D eigenvalue weighted by atomic mass is 10.2. The van der Waals surface area contributed by atoms with Crippen molar-refractivity contribution >= 4 is 58.1 Å². The Kier molecular flexibility index (Phi) is 4.41. The minimum Gasteiger partial charge on any atom is -0.258 e. The number of nitro groups is 2. The maximum atomic E-state index is 11.4. The predicted octanol–water partition coefficient (Wildman–Crippen LogP) is 6.04. The van der Waals surface area contributed by atoms with Gasteiger partial charge in [-0.3, -0.25) is 20.2 Å². The first-order valence-corrected chi connectivity index (χ1v) is 8.92. The van der Waals surface area contributed by atoms with Crippen LogP contribution in [0.2, 0.25) is 10.0 Å². The summed E-state index contributed by atoms with van der Waals surface area (Å²) in [7, 11) is 0. The van der Waals surface area contributed by atoms with Gasteiger partial charge in [0.25, 0.3) is 11.4 Å². The van der Waals surface area contributed by atoms with Gasteiger partial charge < -0.3 is 0 Å². The van der Waals surface area contributed by atoms with Crippen LogP contribution in [0.5, 0.6) is 0 Å². The van der Waals surface area contributed by atoms with Gasteiger partial charge in [-0.05, 0) is 25.0 Å². The number of benzene rings is 2. The molecule has 0 N–H and O–H groups in total. The van der Waals surface area contributed by atoms with Crippen molar-refractivity contribution in [3.8, 4) is 0 Å². The molecular formula is C14H8Cl2N2O4S2. The Bertz CT molecular complexity index is 860. The van der Waals surface area contributed by atoms with Gasteiger partial charge in [-0.2, -0.15) is 0 Å². The lowest BCUT2D eigenvalue weighted by Crippen LogP contribution is -2.03. The number of hydrogen-bond donors (Lipinski definition) is 0. The van der Waals surface area contributed by atoms with Crippen LogP contribution in [0.25, 0.3) is 0 Å². The number of nitro benzene ring substituents is 2. The van der Waals surface area contributed by atoms with Crippen molar-refractivity contribution in [3.05, 3.63) is 53.5 Å². The molecule has 0 amide bonds. The van der Waals surface area contributed by atoms with Gasteiger partial charge in [0.2, 0.25) is 0 Å². The highest BCUT2D eigenvalue weighted by Crippen LogP contribution is 2.58. The van der Waals surface area contributed by atoms with E-state index in [-0.39, 0.29) is 21.4 Å². The highest BCUT2D eigenvalue weighted by atomic mass is 35.5. The Morgan fingerprint density at radius 1 is 0.792 bits per heavy atom. The van der Waals surface area contributed by atoms with Crippen LogP contribution in [0.4, 0.5) is 11.4 Å². The average Bonchev–Trinajstić information content (AvgIpc) is 2.52. The molecule has 0 aliphatic carbocycles. The van der Waals surface area contributed by atoms with Gasteiger partial charge >= 0.3 is 0 Å². The van der Waals surface area contributed by atoms with E-state index in [2.05, 4.69) is 0 Å². The van der Waals surface area contributed by atoms with Crippen molar-refractivity contribution in [2.45, 2.75) is 33.4 Å². The summed E-state index contributed by atoms with van der Waals surface area (Å²) in [5, 5.41) is 23.3. The molecule has 0 aromatic heterocycles. The van der Waals surface area contributed by atoms with E-state index in [1.54, 1.807) is 13.8 Å². The van der Waals surface area contributed by atoms with Gasteiger partial charge in [0.1, 0.15) is 9.79 Å². The second-order valence-corrected chi connectivity index (χ2v) is 7.90. The SMILES string of the molecule is Cc1c(Cl)cc([N+](=O)[O-])c2c1Sc1c(C)c(Cl)cc([N+](=O)[O-])c1S2. The average molecular weight is 403 g/mol. The molecule has 124 valence electrons. The Balaban J connectivity index is 2.33. The van der Waals surface area contributed by atoms with E-state index in [1.807, 2.05) is 0 Å². The van der Waals surface area contributed by atoms with E-state index in [0.29, 0.717) is 30.7 Å². The quantitative estimate of drug-likeness (QED) is 0.383. The molecule has 24 heavy (non-hydrogen) atoms. The molecule has 0 saturated carbocycles. The van der Waals surface area contributed by atoms with Gasteiger partial charge in [-0.1, -0.05) is 46.7 Å². The normalized spacial score (nSPS) is 12.5. The second-order valence-electron chi connectivity index (χ2n) is 5.04. The molecule has 0 bridgehead atoms. The molecule has 0 fully saturated rings. The molecule has 0 atom stereocenters. The van der Waals surface area contributed by atoms with Crippen LogP contribution in [0.15, 0.2) is 31.7 Å². The first-order chi connectivity index (χ1) is 11.2. The van der Waals surface area contributed by atoms with E-state index in [0.717, 1.165) is 11.8 Å². The fourth-order valence-electron chi connectivity index (χ4n) is 2.30. The first kappa shape index (κ1) is 17.3. The molecule has 0 saturated heterocycles. The summed E-state index contributed by atoms with van der Waals surface area (Å²) >= 11 is 14.5. The minimum atomic E-state index is -0.530. The maximum Gasteiger partial charge on any atom is 0.285 e. The van der Waals surface area contributed by atoms with E-state index in [9.17, 15) is 20.2 Å². The highest BCUT2D eigenvalue weighted by Gasteiger charge is 2.34. The topological polar surface area (TPSA) is 86.3 Å². The molecule has 1 aliphatic heterocycles. The van der Waals surface area contributed by atoms with Crippen LogP contribution in [0, 0.1) is 34.1 Å². The lowest BCUT2D eigenvalue weighted by molar-refractivity contribution is -0.388. The molecule has 0 unspecified atom stereocenters. The number of fused-ring (bicyclic) bond motifs is 2. The number of rotatable bonds is 2. The number of halogens is 2. The van der Waals surface area contributed by atoms with Crippen molar-refractivity contribution in [1.82, 2.24) is 0 Å². The van der Waals surface area contributed by atoms with E-state index >= 15 is 0 Å². The zero-order chi connectivity index (χ0) is 17.8. The summed E-state index contributed by atoms with van der Waals surface area (Å²) in [6.45, 7) is 3.52. The monoisotopic (exact) mass is 402 g/mol. The smallest absolute Gasteiger partial charge is 0.258 e. The molecule has 0 spiro atoms. The molecule has 0 radical (unpaired) electrons. The lowest BCUT2D eigenvalue weighted by Gasteiger charge is -2.22. The standard InChI is InChI=1S/C14H8Cl2N2O4S2/c1-5-7(15)3-9(17(19)20)13-11(5)23-12-6(2)8(16)4-10(18(21)22)14(12)24-13/h3-4H,1-2H3. The fourth-order valence-corrected chi connectivity index (χ4v) is 5.60. The summed E-state index contributed by atoms with van der Waals surface area (Å²) in [6, 6.07) is 2.56. The summed E-state index contributed by atoms with van der Waals surface area (Å²) in [5.41, 5.74) is 1.07. The molecule has 10 heteroatoms. The third-order valence-corrected chi connectivity index (χ3v) is 7.31. The molecule has 1 heterocycles. The Hall–Kier alpha value is -1.48. The van der Waals surface area contributed by atoms with Gasteiger partial charge in [-0.25, -0.2) is 0 Å². The first-order valence-electron chi connectivity index (χ1n) is 6.53. The van der Waals surface area contributed by atoms with Crippen LogP contribution < -0.4 is 0 Å². The maximum absolute atomic E-state index is 11.4. The van der Waals surface area contributed by atoms with Crippen LogP contribution in [-0.2, 0) is 0 Å². The summed E-state index contributed by atoms with van der Waals surface area (Å²) in [6.07, 6.45) is 0. The minimum absolute atomic E-state index is 0.161. The largest absolute Gasteiger partial charge is 0.285 e. The van der Waals surface area contributed by atoms with E-state index < -0.39 is 9.85 Å². The number of nitrogens with zero attached hydrogens (tertiary/aromatic N) is 2. The van der Waals surface area contributed by atoms with Crippen molar-refractivity contribution in [3.63, 3.8) is 0 Å². The van der Waals surface area contributed by atoms with Crippen molar-refractivity contribution < 1.29 is 9.85 Å². The summed E-state index contributed by atoms with van der Waals surface area (Å²) in [5.74, 6) is 0. The van der Waals surface area contributed by atoms with Gasteiger partial charge in [-0.15, -0.1) is 0 Å². The van der Waals surface area contributed by atoms with Crippen LogP contribution in [0.1, 0.15) is 11.1 Å². The molecule has 2 aromatic rings. The molecular weight excluding hydrogens is 395 g/mol. The highest BCUT2D eigenvalue weighted by molar-refractivity contribution is 8.05. The van der Waals surface area contributed by atoms with Crippen LogP contribution in [0.3, 0.4) is 0 Å². The van der Waals surface area contributed by atoms with E-state index in [4.69, 9.17) is 23.2 Å². The summed E-state index contributed by atoms with van der Waals surface area (Å²) in [4.78, 5) is 23.6. The Labute approximate surface area is 154 Å². The zero-order valence-electron chi connectivity index (χ0n) is 12.3. The number of hydrogen-bond acceptors (Lipinski definition) is 6. The van der Waals surface area contributed by atoms with Gasteiger partial charge in [0, 0.05) is 21.9 Å². The van der Waals surface area contributed by atoms with Crippen LogP contribution >= 0.6 is 46.7 Å². The molecule has 2 aromatic carbocycles.